The maximum Gasteiger partial charge on any atom is 0.260 e. The van der Waals surface area contributed by atoms with Gasteiger partial charge < -0.3 is 18.9 Å². The Balaban J connectivity index is 2.01. The third kappa shape index (κ3) is 4.48. The Hall–Kier alpha value is -2.87. The summed E-state index contributed by atoms with van der Waals surface area (Å²) >= 11 is 1.55. The lowest BCUT2D eigenvalue weighted by atomic mass is 10.1. The van der Waals surface area contributed by atoms with Gasteiger partial charge in [0.25, 0.3) is 5.91 Å². The van der Waals surface area contributed by atoms with Crippen LogP contribution in [0.5, 0.6) is 23.0 Å². The molecule has 7 nitrogen and oxygen atoms in total. The largest absolute Gasteiger partial charge is 0.494 e. The third-order valence-electron chi connectivity index (χ3n) is 4.70. The molecule has 1 amide bonds. The van der Waals surface area contributed by atoms with Gasteiger partial charge in [0.05, 0.1) is 28.4 Å². The van der Waals surface area contributed by atoms with Crippen LogP contribution in [-0.4, -0.2) is 56.7 Å². The number of thioether (sulfide) groups is 1. The van der Waals surface area contributed by atoms with Gasteiger partial charge in [0, 0.05) is 17.9 Å². The fourth-order valence-electron chi connectivity index (χ4n) is 3.19. The van der Waals surface area contributed by atoms with Crippen LogP contribution in [0.15, 0.2) is 35.3 Å². The van der Waals surface area contributed by atoms with E-state index in [1.165, 1.54) is 21.3 Å². The van der Waals surface area contributed by atoms with Gasteiger partial charge in [0.15, 0.2) is 16.7 Å². The van der Waals surface area contributed by atoms with Gasteiger partial charge in [-0.1, -0.05) is 17.8 Å². The second-order valence-corrected chi connectivity index (χ2v) is 7.70. The van der Waals surface area contributed by atoms with Crippen molar-refractivity contribution in [1.82, 2.24) is 4.90 Å². The molecule has 1 aliphatic rings. The number of nitrogens with zero attached hydrogens (tertiary/aromatic N) is 2. The van der Waals surface area contributed by atoms with Crippen molar-refractivity contribution in [3.05, 3.63) is 41.5 Å². The monoisotopic (exact) mass is 430 g/mol. The standard InChI is InChI=1S/C22H26N2O5S/c1-14-7-8-17(26-2)16(11-14)23-22-24(9-6-10-30-22)21(25)15-12-18(27-3)20(29-5)19(13-15)28-4/h7-8,11-13H,6,9-10H2,1-5H3. The number of methoxy groups -OCH3 is 4. The van der Waals surface area contributed by atoms with E-state index in [2.05, 4.69) is 0 Å². The van der Waals surface area contributed by atoms with Crippen LogP contribution in [0, 0.1) is 6.92 Å². The van der Waals surface area contributed by atoms with Crippen LogP contribution in [0.3, 0.4) is 0 Å². The molecule has 0 spiro atoms. The number of rotatable bonds is 6. The molecular formula is C22H26N2O5S. The SMILES string of the molecule is COc1ccc(C)cc1N=C1SCCCN1C(=O)c1cc(OC)c(OC)c(OC)c1. The van der Waals surface area contributed by atoms with E-state index >= 15 is 0 Å². The fourth-order valence-corrected chi connectivity index (χ4v) is 4.14. The number of benzene rings is 2. The smallest absolute Gasteiger partial charge is 0.260 e. The van der Waals surface area contributed by atoms with E-state index in [1.54, 1.807) is 35.9 Å². The summed E-state index contributed by atoms with van der Waals surface area (Å²) < 4.78 is 21.6. The summed E-state index contributed by atoms with van der Waals surface area (Å²) in [6, 6.07) is 9.12. The van der Waals surface area contributed by atoms with Gasteiger partial charge in [0.1, 0.15) is 11.4 Å². The Morgan fingerprint density at radius 2 is 1.63 bits per heavy atom. The highest BCUT2D eigenvalue weighted by Crippen LogP contribution is 2.39. The molecule has 160 valence electrons. The van der Waals surface area contributed by atoms with Crippen LogP contribution >= 0.6 is 11.8 Å². The summed E-state index contributed by atoms with van der Waals surface area (Å²) in [4.78, 5) is 19.9. The minimum absolute atomic E-state index is 0.174. The molecule has 1 fully saturated rings. The van der Waals surface area contributed by atoms with E-state index in [-0.39, 0.29) is 5.91 Å². The van der Waals surface area contributed by atoms with Crippen LogP contribution in [-0.2, 0) is 0 Å². The van der Waals surface area contributed by atoms with Gasteiger partial charge in [-0.25, -0.2) is 4.99 Å². The molecule has 0 aliphatic carbocycles. The average molecular weight is 431 g/mol. The van der Waals surface area contributed by atoms with Crippen molar-refractivity contribution in [1.29, 1.82) is 0 Å². The molecule has 0 saturated carbocycles. The lowest BCUT2D eigenvalue weighted by molar-refractivity contribution is 0.0848. The average Bonchev–Trinajstić information content (AvgIpc) is 2.78. The van der Waals surface area contributed by atoms with E-state index in [9.17, 15) is 4.79 Å². The molecule has 0 N–H and O–H groups in total. The Morgan fingerprint density at radius 3 is 2.23 bits per heavy atom. The lowest BCUT2D eigenvalue weighted by Crippen LogP contribution is -2.39. The predicted octanol–water partition coefficient (Wildman–Crippen LogP) is 4.30. The van der Waals surface area contributed by atoms with Gasteiger partial charge in [-0.2, -0.15) is 0 Å². The minimum atomic E-state index is -0.174. The quantitative estimate of drug-likeness (QED) is 0.681. The summed E-state index contributed by atoms with van der Waals surface area (Å²) in [6.45, 7) is 2.57. The zero-order valence-corrected chi connectivity index (χ0v) is 18.7. The van der Waals surface area contributed by atoms with Crippen LogP contribution in [0.2, 0.25) is 0 Å². The summed E-state index contributed by atoms with van der Waals surface area (Å²) in [5, 5.41) is 0.643. The van der Waals surface area contributed by atoms with Crippen molar-refractivity contribution in [2.45, 2.75) is 13.3 Å². The molecule has 8 heteroatoms. The summed E-state index contributed by atoms with van der Waals surface area (Å²) in [5.74, 6) is 2.70. The molecule has 0 radical (unpaired) electrons. The Labute approximate surface area is 181 Å². The second-order valence-electron chi connectivity index (χ2n) is 6.64. The lowest BCUT2D eigenvalue weighted by Gasteiger charge is -2.28. The number of aliphatic imine (C=N–C) groups is 1. The van der Waals surface area contributed by atoms with E-state index in [4.69, 9.17) is 23.9 Å². The normalized spacial score (nSPS) is 15.1. The van der Waals surface area contributed by atoms with Crippen LogP contribution < -0.4 is 18.9 Å². The first kappa shape index (κ1) is 21.8. The Kier molecular flexibility index (Phi) is 7.10. The number of amidine groups is 1. The van der Waals surface area contributed by atoms with Gasteiger partial charge in [-0.3, -0.25) is 9.69 Å². The summed E-state index contributed by atoms with van der Waals surface area (Å²) in [6.07, 6.45) is 0.880. The Morgan fingerprint density at radius 1 is 0.967 bits per heavy atom. The molecule has 30 heavy (non-hydrogen) atoms. The van der Waals surface area contributed by atoms with Crippen molar-refractivity contribution in [3.8, 4) is 23.0 Å². The van der Waals surface area contributed by atoms with Crippen molar-refractivity contribution >= 4 is 28.5 Å². The topological polar surface area (TPSA) is 69.6 Å². The van der Waals surface area contributed by atoms with Crippen LogP contribution in [0.1, 0.15) is 22.3 Å². The predicted molar refractivity (Wildman–Crippen MR) is 119 cm³/mol. The van der Waals surface area contributed by atoms with Crippen molar-refractivity contribution in [2.75, 3.05) is 40.7 Å². The maximum atomic E-state index is 13.4. The highest BCUT2D eigenvalue weighted by molar-refractivity contribution is 8.13. The molecule has 1 aliphatic heterocycles. The molecule has 1 heterocycles. The van der Waals surface area contributed by atoms with Crippen LogP contribution in [0.4, 0.5) is 5.69 Å². The number of amides is 1. The second kappa shape index (κ2) is 9.75. The number of hydrogen-bond acceptors (Lipinski definition) is 7. The molecule has 2 aromatic rings. The van der Waals surface area contributed by atoms with Crippen molar-refractivity contribution < 1.29 is 23.7 Å². The van der Waals surface area contributed by atoms with Crippen molar-refractivity contribution in [2.24, 2.45) is 4.99 Å². The number of carbonyl (C=O) groups is 1. The first-order chi connectivity index (χ1) is 14.5. The van der Waals surface area contributed by atoms with E-state index in [0.717, 1.165) is 17.7 Å². The molecule has 1 saturated heterocycles. The summed E-state index contributed by atoms with van der Waals surface area (Å²) in [7, 11) is 6.20. The number of ether oxygens (including phenoxy) is 4. The fraction of sp³-hybridized carbons (Fsp3) is 0.364. The van der Waals surface area contributed by atoms with E-state index < -0.39 is 0 Å². The van der Waals surface area contributed by atoms with Gasteiger partial charge in [-0.15, -0.1) is 0 Å². The third-order valence-corrected chi connectivity index (χ3v) is 5.76. The first-order valence-corrected chi connectivity index (χ1v) is 10.5. The van der Waals surface area contributed by atoms with Gasteiger partial charge >= 0.3 is 0 Å². The molecule has 3 rings (SSSR count). The molecule has 0 unspecified atom stereocenters. The molecular weight excluding hydrogens is 404 g/mol. The van der Waals surface area contributed by atoms with Crippen LogP contribution in [0.25, 0.3) is 0 Å². The molecule has 0 bridgehead atoms. The minimum Gasteiger partial charge on any atom is -0.494 e. The van der Waals surface area contributed by atoms with E-state index in [0.29, 0.717) is 46.0 Å². The number of hydrogen-bond donors (Lipinski definition) is 0. The summed E-state index contributed by atoms with van der Waals surface area (Å²) in [5.41, 5.74) is 2.21. The zero-order chi connectivity index (χ0) is 21.7. The van der Waals surface area contributed by atoms with Gasteiger partial charge in [-0.05, 0) is 43.2 Å². The Bertz CT molecular complexity index is 936. The maximum absolute atomic E-state index is 13.4. The highest BCUT2D eigenvalue weighted by atomic mass is 32.2. The molecule has 2 aromatic carbocycles. The molecule has 0 aromatic heterocycles. The highest BCUT2D eigenvalue weighted by Gasteiger charge is 2.27. The molecule has 0 atom stereocenters. The number of carbonyl (C=O) groups excluding carboxylic acids is 1. The van der Waals surface area contributed by atoms with Gasteiger partial charge in [0.2, 0.25) is 5.75 Å². The number of aryl methyl sites for hydroxylation is 1. The van der Waals surface area contributed by atoms with Crippen molar-refractivity contribution in [3.63, 3.8) is 0 Å². The zero-order valence-electron chi connectivity index (χ0n) is 17.9. The first-order valence-electron chi connectivity index (χ1n) is 9.50. The van der Waals surface area contributed by atoms with E-state index in [1.807, 2.05) is 25.1 Å².